The molecule has 0 aliphatic carbocycles. The fourth-order valence-electron chi connectivity index (χ4n) is 3.54. The lowest BCUT2D eigenvalue weighted by atomic mass is 10.1. The van der Waals surface area contributed by atoms with Crippen molar-refractivity contribution < 1.29 is 19.0 Å². The van der Waals surface area contributed by atoms with Gasteiger partial charge in [-0.05, 0) is 29.8 Å². The number of aromatic amines is 1. The van der Waals surface area contributed by atoms with Gasteiger partial charge in [0.05, 0.1) is 31.3 Å². The van der Waals surface area contributed by atoms with Gasteiger partial charge in [-0.2, -0.15) is 5.10 Å². The largest absolute Gasteiger partial charge is 0.493 e. The second-order valence-electron chi connectivity index (χ2n) is 7.27. The molecule has 1 aromatic carbocycles. The minimum Gasteiger partial charge on any atom is -0.493 e. The molecule has 9 nitrogen and oxygen atoms in total. The van der Waals surface area contributed by atoms with Crippen molar-refractivity contribution in [1.82, 2.24) is 20.1 Å². The smallest absolute Gasteiger partial charge is 0.255 e. The third-order valence-electron chi connectivity index (χ3n) is 5.05. The predicted molar refractivity (Wildman–Crippen MR) is 113 cm³/mol. The number of carbonyl (C=O) groups excluding carboxylic acids is 1. The summed E-state index contributed by atoms with van der Waals surface area (Å²) >= 11 is 0. The molecule has 0 radical (unpaired) electrons. The molecule has 3 heterocycles. The van der Waals surface area contributed by atoms with Crippen LogP contribution in [0.5, 0.6) is 11.5 Å². The monoisotopic (exact) mass is 423 g/mol. The van der Waals surface area contributed by atoms with Crippen molar-refractivity contribution in [2.45, 2.75) is 12.6 Å². The van der Waals surface area contributed by atoms with Crippen molar-refractivity contribution in [3.63, 3.8) is 0 Å². The molecular formula is C22H25N5O4. The third kappa shape index (κ3) is 5.19. The first kappa shape index (κ1) is 20.8. The van der Waals surface area contributed by atoms with Crippen molar-refractivity contribution in [3.05, 3.63) is 60.0 Å². The molecule has 4 rings (SSSR count). The summed E-state index contributed by atoms with van der Waals surface area (Å²) in [5, 5.41) is 6.81. The third-order valence-corrected chi connectivity index (χ3v) is 5.05. The normalized spacial score (nSPS) is 16.7. The molecule has 1 amide bonds. The molecule has 0 saturated carbocycles. The fourth-order valence-corrected chi connectivity index (χ4v) is 3.54. The standard InChI is InChI=1S/C22H25N5O4/c1-29-20-9-15(5-6-19(20)31-14-22(23)28)12-27-7-8-30-21(13-27)18-4-2-3-17(26-18)16-10-24-25-11-16/h2-6,9-11,21H,7-8,12-14H2,1H3,(H2,23,28)(H,24,25)/t21-/m1/s1. The van der Waals surface area contributed by atoms with Gasteiger partial charge >= 0.3 is 0 Å². The SMILES string of the molecule is COc1cc(CN2CCO[C@@H](c3cccc(-c4cn[nH]c4)n3)C2)ccc1OCC(N)=O. The van der Waals surface area contributed by atoms with E-state index in [1.165, 1.54) is 0 Å². The van der Waals surface area contributed by atoms with Gasteiger partial charge < -0.3 is 19.9 Å². The molecule has 31 heavy (non-hydrogen) atoms. The zero-order valence-corrected chi connectivity index (χ0v) is 17.3. The molecule has 1 saturated heterocycles. The number of aromatic nitrogens is 3. The van der Waals surface area contributed by atoms with Crippen LogP contribution in [0.3, 0.4) is 0 Å². The molecule has 1 aliphatic heterocycles. The Bertz CT molecular complexity index is 1020. The van der Waals surface area contributed by atoms with Crippen LogP contribution in [-0.2, 0) is 16.1 Å². The number of primary amides is 1. The number of amides is 1. The number of ether oxygens (including phenoxy) is 3. The van der Waals surface area contributed by atoms with Crippen LogP contribution in [0.25, 0.3) is 11.3 Å². The van der Waals surface area contributed by atoms with E-state index in [1.54, 1.807) is 19.4 Å². The summed E-state index contributed by atoms with van der Waals surface area (Å²) < 4.78 is 16.8. The van der Waals surface area contributed by atoms with Crippen LogP contribution in [0, 0.1) is 0 Å². The first-order chi connectivity index (χ1) is 15.1. The van der Waals surface area contributed by atoms with Crippen LogP contribution in [0.4, 0.5) is 0 Å². The summed E-state index contributed by atoms with van der Waals surface area (Å²) in [6.07, 6.45) is 3.47. The quantitative estimate of drug-likeness (QED) is 0.569. The van der Waals surface area contributed by atoms with E-state index in [2.05, 4.69) is 15.1 Å². The zero-order valence-electron chi connectivity index (χ0n) is 17.3. The highest BCUT2D eigenvalue weighted by Gasteiger charge is 2.24. The van der Waals surface area contributed by atoms with E-state index in [0.717, 1.165) is 42.1 Å². The van der Waals surface area contributed by atoms with Gasteiger partial charge in [-0.1, -0.05) is 12.1 Å². The van der Waals surface area contributed by atoms with Gasteiger partial charge in [-0.3, -0.25) is 14.8 Å². The second kappa shape index (κ2) is 9.59. The van der Waals surface area contributed by atoms with E-state index < -0.39 is 5.91 Å². The zero-order chi connectivity index (χ0) is 21.6. The highest BCUT2D eigenvalue weighted by Crippen LogP contribution is 2.30. The highest BCUT2D eigenvalue weighted by atomic mass is 16.5. The number of pyridine rings is 1. The number of benzene rings is 1. The molecule has 1 fully saturated rings. The summed E-state index contributed by atoms with van der Waals surface area (Å²) in [5.74, 6) is 0.527. The molecule has 1 aliphatic rings. The second-order valence-corrected chi connectivity index (χ2v) is 7.27. The van der Waals surface area contributed by atoms with Crippen molar-refractivity contribution in [2.75, 3.05) is 33.4 Å². The number of hydrogen-bond donors (Lipinski definition) is 2. The van der Waals surface area contributed by atoms with E-state index in [-0.39, 0.29) is 12.7 Å². The first-order valence-electron chi connectivity index (χ1n) is 10.0. The van der Waals surface area contributed by atoms with E-state index >= 15 is 0 Å². The summed E-state index contributed by atoms with van der Waals surface area (Å²) in [6.45, 7) is 2.71. The summed E-state index contributed by atoms with van der Waals surface area (Å²) in [7, 11) is 1.57. The Kier molecular flexibility index (Phi) is 6.44. The van der Waals surface area contributed by atoms with Gasteiger partial charge in [0, 0.05) is 31.4 Å². The van der Waals surface area contributed by atoms with Crippen molar-refractivity contribution in [1.29, 1.82) is 0 Å². The van der Waals surface area contributed by atoms with Gasteiger partial charge in [0.25, 0.3) is 5.91 Å². The van der Waals surface area contributed by atoms with Gasteiger partial charge in [0.15, 0.2) is 18.1 Å². The number of rotatable bonds is 8. The molecule has 9 heteroatoms. The lowest BCUT2D eigenvalue weighted by Gasteiger charge is -2.32. The Morgan fingerprint density at radius 2 is 2.23 bits per heavy atom. The Morgan fingerprint density at radius 1 is 1.32 bits per heavy atom. The molecule has 0 spiro atoms. The molecule has 3 N–H and O–H groups in total. The highest BCUT2D eigenvalue weighted by molar-refractivity contribution is 5.75. The summed E-state index contributed by atoms with van der Waals surface area (Å²) in [4.78, 5) is 18.1. The lowest BCUT2D eigenvalue weighted by Crippen LogP contribution is -2.38. The molecule has 2 aromatic heterocycles. The number of morpholine rings is 1. The van der Waals surface area contributed by atoms with Crippen LogP contribution >= 0.6 is 0 Å². The van der Waals surface area contributed by atoms with E-state index in [4.69, 9.17) is 24.9 Å². The Labute approximate surface area is 180 Å². The van der Waals surface area contributed by atoms with Crippen LogP contribution in [0.15, 0.2) is 48.8 Å². The van der Waals surface area contributed by atoms with Crippen LogP contribution in [0.2, 0.25) is 0 Å². The number of methoxy groups -OCH3 is 1. The molecule has 0 unspecified atom stereocenters. The van der Waals surface area contributed by atoms with Crippen LogP contribution in [0.1, 0.15) is 17.4 Å². The van der Waals surface area contributed by atoms with Crippen molar-refractivity contribution in [3.8, 4) is 22.8 Å². The van der Waals surface area contributed by atoms with E-state index in [9.17, 15) is 4.79 Å². The van der Waals surface area contributed by atoms with Crippen LogP contribution < -0.4 is 15.2 Å². The Hall–Kier alpha value is -3.43. The minimum atomic E-state index is -0.532. The Morgan fingerprint density at radius 3 is 3.00 bits per heavy atom. The molecule has 3 aromatic rings. The average Bonchev–Trinajstić information content (AvgIpc) is 3.33. The molecule has 1 atom stereocenters. The fraction of sp³-hybridized carbons (Fsp3) is 0.318. The lowest BCUT2D eigenvalue weighted by molar-refractivity contribution is -0.119. The maximum atomic E-state index is 11.0. The van der Waals surface area contributed by atoms with Gasteiger partial charge in [0.2, 0.25) is 0 Å². The number of hydrogen-bond acceptors (Lipinski definition) is 7. The van der Waals surface area contributed by atoms with Gasteiger partial charge in [-0.25, -0.2) is 4.98 Å². The predicted octanol–water partition coefficient (Wildman–Crippen LogP) is 1.92. The summed E-state index contributed by atoms with van der Waals surface area (Å²) in [6, 6.07) is 11.6. The average molecular weight is 423 g/mol. The van der Waals surface area contributed by atoms with Crippen LogP contribution in [-0.4, -0.2) is 59.4 Å². The molecule has 0 bridgehead atoms. The maximum Gasteiger partial charge on any atom is 0.255 e. The maximum absolute atomic E-state index is 11.0. The number of carbonyl (C=O) groups is 1. The number of H-pyrrole nitrogens is 1. The first-order valence-corrected chi connectivity index (χ1v) is 10.0. The number of nitrogens with two attached hydrogens (primary N) is 1. The van der Waals surface area contributed by atoms with Gasteiger partial charge in [-0.15, -0.1) is 0 Å². The number of nitrogens with zero attached hydrogens (tertiary/aromatic N) is 3. The van der Waals surface area contributed by atoms with E-state index in [0.29, 0.717) is 18.1 Å². The molecule has 162 valence electrons. The molecular weight excluding hydrogens is 398 g/mol. The number of nitrogens with one attached hydrogen (secondary N) is 1. The van der Waals surface area contributed by atoms with Crippen molar-refractivity contribution in [2.24, 2.45) is 5.73 Å². The topological polar surface area (TPSA) is 116 Å². The summed E-state index contributed by atoms with van der Waals surface area (Å²) in [5.41, 5.74) is 8.93. The minimum absolute atomic E-state index is 0.110. The van der Waals surface area contributed by atoms with E-state index in [1.807, 2.05) is 36.5 Å². The Balaban J connectivity index is 1.43. The van der Waals surface area contributed by atoms with Crippen molar-refractivity contribution >= 4 is 5.91 Å². The van der Waals surface area contributed by atoms with Gasteiger partial charge in [0.1, 0.15) is 6.10 Å².